The smallest absolute Gasteiger partial charge is 0.309 e. The number of hydrogen-bond donors (Lipinski definition) is 1. The van der Waals surface area contributed by atoms with Gasteiger partial charge in [-0.1, -0.05) is 29.8 Å². The van der Waals surface area contributed by atoms with Crippen molar-refractivity contribution in [3.05, 3.63) is 87.9 Å². The molecule has 3 rings (SSSR count). The van der Waals surface area contributed by atoms with E-state index >= 15 is 0 Å². The van der Waals surface area contributed by atoms with Crippen molar-refractivity contribution in [2.24, 2.45) is 0 Å². The van der Waals surface area contributed by atoms with Crippen molar-refractivity contribution in [1.82, 2.24) is 0 Å². The van der Waals surface area contributed by atoms with Crippen LogP contribution in [0.15, 0.2) is 60.7 Å². The first-order valence-electron chi connectivity index (χ1n) is 9.77. The number of amides is 1. The molecule has 0 radical (unpaired) electrons. The van der Waals surface area contributed by atoms with Gasteiger partial charge in [0.25, 0.3) is 0 Å². The fourth-order valence-corrected chi connectivity index (χ4v) is 3.14. The van der Waals surface area contributed by atoms with E-state index in [4.69, 9.17) is 26.9 Å². The van der Waals surface area contributed by atoms with Crippen molar-refractivity contribution in [1.29, 1.82) is 10.5 Å². The summed E-state index contributed by atoms with van der Waals surface area (Å²) in [7, 11) is 1.33. The fraction of sp³-hybridized carbons (Fsp3) is 0.120. The molecule has 0 saturated heterocycles. The molecule has 0 spiro atoms. The van der Waals surface area contributed by atoms with Crippen molar-refractivity contribution < 1.29 is 19.1 Å². The lowest BCUT2D eigenvalue weighted by Gasteiger charge is -2.11. The number of halogens is 1. The molecule has 8 heteroatoms. The lowest BCUT2D eigenvalue weighted by molar-refractivity contribution is -0.139. The van der Waals surface area contributed by atoms with Gasteiger partial charge in [-0.05, 0) is 53.6 Å². The van der Waals surface area contributed by atoms with Gasteiger partial charge in [-0.2, -0.15) is 10.5 Å². The Hall–Kier alpha value is -4.33. The Kier molecular flexibility index (Phi) is 7.64. The number of nitrogens with zero attached hydrogens (tertiary/aromatic N) is 2. The van der Waals surface area contributed by atoms with Gasteiger partial charge < -0.3 is 14.8 Å². The minimum Gasteiger partial charge on any atom is -0.469 e. The first-order chi connectivity index (χ1) is 15.9. The van der Waals surface area contributed by atoms with E-state index in [1.165, 1.54) is 25.3 Å². The van der Waals surface area contributed by atoms with E-state index in [1.54, 1.807) is 42.5 Å². The van der Waals surface area contributed by atoms with Gasteiger partial charge in [-0.25, -0.2) is 0 Å². The Balaban J connectivity index is 1.68. The Morgan fingerprint density at radius 3 is 2.15 bits per heavy atom. The first kappa shape index (κ1) is 23.3. The monoisotopic (exact) mass is 459 g/mol. The summed E-state index contributed by atoms with van der Waals surface area (Å²) in [6.45, 7) is 0. The summed E-state index contributed by atoms with van der Waals surface area (Å²) >= 11 is 6.23. The van der Waals surface area contributed by atoms with Crippen LogP contribution in [0.1, 0.15) is 22.3 Å². The number of carbonyl (C=O) groups excluding carboxylic acids is 2. The van der Waals surface area contributed by atoms with Gasteiger partial charge in [0.05, 0.1) is 48.2 Å². The van der Waals surface area contributed by atoms with E-state index in [1.807, 2.05) is 12.1 Å². The quantitative estimate of drug-likeness (QED) is 0.509. The summed E-state index contributed by atoms with van der Waals surface area (Å²) in [6, 6.07) is 20.3. The number of hydrogen-bond acceptors (Lipinski definition) is 6. The number of methoxy groups -OCH3 is 1. The Morgan fingerprint density at radius 1 is 0.909 bits per heavy atom. The first-order valence-corrected chi connectivity index (χ1v) is 10.1. The van der Waals surface area contributed by atoms with Gasteiger partial charge in [0, 0.05) is 5.69 Å². The van der Waals surface area contributed by atoms with Crippen molar-refractivity contribution in [2.75, 3.05) is 12.4 Å². The minimum atomic E-state index is -0.337. The molecular weight excluding hydrogens is 442 g/mol. The van der Waals surface area contributed by atoms with Crippen LogP contribution in [-0.2, 0) is 27.2 Å². The van der Waals surface area contributed by atoms with E-state index in [0.717, 1.165) is 5.56 Å². The summed E-state index contributed by atoms with van der Waals surface area (Å²) in [5.41, 5.74) is 2.60. The Bertz CT molecular complexity index is 1240. The number of carbonyl (C=O) groups is 2. The SMILES string of the molecule is COC(=O)Cc1ccc(NC(=O)Cc2ccc(Cl)c(Oc3cc(C#N)cc(C#N)c3)c2)cc1. The molecule has 0 fully saturated rings. The van der Waals surface area contributed by atoms with Crippen LogP contribution >= 0.6 is 11.6 Å². The maximum atomic E-state index is 12.5. The number of benzene rings is 3. The summed E-state index contributed by atoms with van der Waals surface area (Å²) in [6.07, 6.45) is 0.227. The van der Waals surface area contributed by atoms with Crippen molar-refractivity contribution in [3.63, 3.8) is 0 Å². The normalized spacial score (nSPS) is 9.94. The summed E-state index contributed by atoms with van der Waals surface area (Å²) < 4.78 is 10.4. The van der Waals surface area contributed by atoms with Crippen molar-refractivity contribution in [3.8, 4) is 23.6 Å². The molecule has 3 aromatic carbocycles. The Labute approximate surface area is 195 Å². The molecule has 0 saturated carbocycles. The van der Waals surface area contributed by atoms with Crippen LogP contribution < -0.4 is 10.1 Å². The third-order valence-electron chi connectivity index (χ3n) is 4.57. The maximum absolute atomic E-state index is 12.5. The molecule has 1 amide bonds. The van der Waals surface area contributed by atoms with Crippen molar-refractivity contribution >= 4 is 29.2 Å². The maximum Gasteiger partial charge on any atom is 0.309 e. The highest BCUT2D eigenvalue weighted by Crippen LogP contribution is 2.31. The van der Waals surface area contributed by atoms with E-state index in [2.05, 4.69) is 10.1 Å². The second-order valence-corrected chi connectivity index (χ2v) is 7.42. The topological polar surface area (TPSA) is 112 Å². The average molecular weight is 460 g/mol. The van der Waals surface area contributed by atoms with Crippen LogP contribution in [0.2, 0.25) is 5.02 Å². The van der Waals surface area contributed by atoms with Crippen LogP contribution in [0.3, 0.4) is 0 Å². The minimum absolute atomic E-state index is 0.0686. The molecule has 0 aliphatic rings. The van der Waals surface area contributed by atoms with Gasteiger partial charge in [-0.15, -0.1) is 0 Å². The third kappa shape index (κ3) is 6.57. The summed E-state index contributed by atoms with van der Waals surface area (Å²) in [5.74, 6) is 0.00670. The second-order valence-electron chi connectivity index (χ2n) is 7.01. The zero-order valence-electron chi connectivity index (χ0n) is 17.6. The highest BCUT2D eigenvalue weighted by atomic mass is 35.5. The van der Waals surface area contributed by atoms with Gasteiger partial charge >= 0.3 is 5.97 Å². The average Bonchev–Trinajstić information content (AvgIpc) is 2.82. The predicted octanol–water partition coefficient (Wildman–Crippen LogP) is 4.77. The van der Waals surface area contributed by atoms with E-state index in [-0.39, 0.29) is 35.8 Å². The zero-order valence-corrected chi connectivity index (χ0v) is 18.3. The van der Waals surface area contributed by atoms with Crippen LogP contribution in [-0.4, -0.2) is 19.0 Å². The van der Waals surface area contributed by atoms with Crippen LogP contribution in [0.5, 0.6) is 11.5 Å². The Morgan fingerprint density at radius 2 is 1.55 bits per heavy atom. The van der Waals surface area contributed by atoms with Gasteiger partial charge in [-0.3, -0.25) is 9.59 Å². The highest BCUT2D eigenvalue weighted by Gasteiger charge is 2.11. The number of rotatable bonds is 7. The zero-order chi connectivity index (χ0) is 23.8. The second kappa shape index (κ2) is 10.8. The molecule has 0 heterocycles. The molecule has 0 aliphatic carbocycles. The van der Waals surface area contributed by atoms with E-state index in [0.29, 0.717) is 27.8 Å². The lowest BCUT2D eigenvalue weighted by Crippen LogP contribution is -2.14. The number of anilines is 1. The molecule has 1 N–H and O–H groups in total. The predicted molar refractivity (Wildman–Crippen MR) is 122 cm³/mol. The standard InChI is InChI=1S/C25H18ClN3O4/c1-32-25(31)13-16-2-5-20(6-3-16)29-24(30)12-17-4-7-22(26)23(11-17)33-21-9-18(14-27)8-19(10-21)15-28/h2-11H,12-13H2,1H3,(H,29,30). The molecule has 0 unspecified atom stereocenters. The summed E-state index contributed by atoms with van der Waals surface area (Å²) in [5, 5.41) is 21.4. The molecular formula is C25H18ClN3O4. The molecule has 0 bridgehead atoms. The number of nitrogens with one attached hydrogen (secondary N) is 1. The van der Waals surface area contributed by atoms with E-state index < -0.39 is 0 Å². The lowest BCUT2D eigenvalue weighted by atomic mass is 10.1. The van der Waals surface area contributed by atoms with Gasteiger partial charge in [0.1, 0.15) is 11.5 Å². The number of esters is 1. The molecule has 0 aromatic heterocycles. The van der Waals surface area contributed by atoms with Gasteiger partial charge in [0.15, 0.2) is 0 Å². The van der Waals surface area contributed by atoms with Crippen LogP contribution in [0, 0.1) is 22.7 Å². The fourth-order valence-electron chi connectivity index (χ4n) is 2.99. The van der Waals surface area contributed by atoms with Crippen molar-refractivity contribution in [2.45, 2.75) is 12.8 Å². The number of ether oxygens (including phenoxy) is 2. The largest absolute Gasteiger partial charge is 0.469 e. The molecule has 7 nitrogen and oxygen atoms in total. The van der Waals surface area contributed by atoms with Gasteiger partial charge in [0.2, 0.25) is 5.91 Å². The molecule has 0 aliphatic heterocycles. The van der Waals surface area contributed by atoms with E-state index in [9.17, 15) is 9.59 Å². The van der Waals surface area contributed by atoms with Crippen LogP contribution in [0.25, 0.3) is 0 Å². The molecule has 164 valence electrons. The third-order valence-corrected chi connectivity index (χ3v) is 4.88. The summed E-state index contributed by atoms with van der Waals surface area (Å²) in [4.78, 5) is 23.8. The molecule has 0 atom stereocenters. The number of nitriles is 2. The van der Waals surface area contributed by atoms with Crippen LogP contribution in [0.4, 0.5) is 5.69 Å². The molecule has 33 heavy (non-hydrogen) atoms. The molecule has 3 aromatic rings. The highest BCUT2D eigenvalue weighted by molar-refractivity contribution is 6.32.